The van der Waals surface area contributed by atoms with Crippen molar-refractivity contribution in [1.29, 1.82) is 0 Å². The molecular formula is C16H14N2O5S. The molecule has 0 spiro atoms. The van der Waals surface area contributed by atoms with Gasteiger partial charge in [0, 0.05) is 6.20 Å². The van der Waals surface area contributed by atoms with Gasteiger partial charge in [-0.1, -0.05) is 36.4 Å². The quantitative estimate of drug-likeness (QED) is 0.815. The molecule has 2 aromatic rings. The summed E-state index contributed by atoms with van der Waals surface area (Å²) in [7, 11) is -4.05. The molecule has 0 aliphatic carbocycles. The highest BCUT2D eigenvalue weighted by Gasteiger charge is 2.40. The Hall–Kier alpha value is -2.87. The number of carbonyl (C=O) groups is 1. The molecule has 24 heavy (non-hydrogen) atoms. The van der Waals surface area contributed by atoms with Gasteiger partial charge in [0.1, 0.15) is 5.75 Å². The summed E-state index contributed by atoms with van der Waals surface area (Å²) in [4.78, 5) is 16.4. The topological polar surface area (TPSA) is 109 Å². The Morgan fingerprint density at radius 3 is 2.50 bits per heavy atom. The highest BCUT2D eigenvalue weighted by molar-refractivity contribution is 7.86. The van der Waals surface area contributed by atoms with Crippen LogP contribution in [0.2, 0.25) is 0 Å². The molecule has 0 amide bonds. The molecular weight excluding hydrogens is 332 g/mol. The highest BCUT2D eigenvalue weighted by atomic mass is 32.2. The van der Waals surface area contributed by atoms with Crippen LogP contribution < -0.4 is 5.73 Å². The fraction of sp³-hybridized carbons (Fsp3) is 0.125. The third-order valence-corrected chi connectivity index (χ3v) is 4.39. The second-order valence-corrected chi connectivity index (χ2v) is 6.65. The first-order chi connectivity index (χ1) is 11.5. The van der Waals surface area contributed by atoms with Crippen LogP contribution in [0.4, 0.5) is 0 Å². The largest absolute Gasteiger partial charge is 0.458 e. The lowest BCUT2D eigenvalue weighted by atomic mass is 10.1. The number of Topliss-reactive ketones (excluding diaryl/α,β-unsaturated/α-hetero) is 1. The zero-order valence-corrected chi connectivity index (χ0v) is 13.3. The maximum atomic E-state index is 12.4. The van der Waals surface area contributed by atoms with E-state index in [1.54, 1.807) is 48.5 Å². The van der Waals surface area contributed by atoms with E-state index >= 15 is 0 Å². The maximum Gasteiger partial charge on any atom is 0.313 e. The smallest absolute Gasteiger partial charge is 0.313 e. The van der Waals surface area contributed by atoms with Crippen molar-refractivity contribution in [2.75, 3.05) is 0 Å². The van der Waals surface area contributed by atoms with E-state index in [-0.39, 0.29) is 11.6 Å². The number of hydrogen-bond acceptors (Lipinski definition) is 7. The molecule has 0 radical (unpaired) electrons. The average Bonchev–Trinajstić information content (AvgIpc) is 2.84. The second kappa shape index (κ2) is 6.32. The lowest BCUT2D eigenvalue weighted by molar-refractivity contribution is -0.123. The van der Waals surface area contributed by atoms with Gasteiger partial charge in [0.05, 0.1) is 5.69 Å². The Labute approximate surface area is 138 Å². The Morgan fingerprint density at radius 2 is 1.83 bits per heavy atom. The minimum Gasteiger partial charge on any atom is -0.458 e. The fourth-order valence-corrected chi connectivity index (χ4v) is 3.29. The van der Waals surface area contributed by atoms with Gasteiger partial charge in [-0.3, -0.25) is 9.78 Å². The van der Waals surface area contributed by atoms with Crippen LogP contribution in [-0.4, -0.2) is 19.2 Å². The summed E-state index contributed by atoms with van der Waals surface area (Å²) < 4.78 is 34.4. The molecule has 0 saturated heterocycles. The first-order valence-electron chi connectivity index (χ1n) is 7.04. The third-order valence-electron chi connectivity index (χ3n) is 3.28. The number of pyridine rings is 1. The molecule has 124 valence electrons. The molecule has 0 unspecified atom stereocenters. The van der Waals surface area contributed by atoms with Gasteiger partial charge in [0.25, 0.3) is 5.78 Å². The van der Waals surface area contributed by atoms with Gasteiger partial charge in [-0.15, -0.1) is 0 Å². The Kier molecular flexibility index (Phi) is 4.22. The van der Waals surface area contributed by atoms with E-state index in [9.17, 15) is 13.2 Å². The summed E-state index contributed by atoms with van der Waals surface area (Å²) in [5, 5.41) is 0. The van der Waals surface area contributed by atoms with Crippen LogP contribution in [0.25, 0.3) is 0 Å². The van der Waals surface area contributed by atoms with Crippen molar-refractivity contribution in [1.82, 2.24) is 4.98 Å². The number of nitrogens with two attached hydrogens (primary N) is 1. The predicted molar refractivity (Wildman–Crippen MR) is 84.4 cm³/mol. The number of aromatic nitrogens is 1. The monoisotopic (exact) mass is 346 g/mol. The van der Waals surface area contributed by atoms with Crippen molar-refractivity contribution in [3.63, 3.8) is 0 Å². The average molecular weight is 346 g/mol. The van der Waals surface area contributed by atoms with Crippen molar-refractivity contribution in [2.45, 2.75) is 11.9 Å². The van der Waals surface area contributed by atoms with E-state index in [0.717, 1.165) is 0 Å². The number of nitrogens with zero attached hydrogens (tertiary/aromatic N) is 1. The maximum absolute atomic E-state index is 12.4. The van der Waals surface area contributed by atoms with E-state index in [1.165, 1.54) is 6.20 Å². The fourth-order valence-electron chi connectivity index (χ4n) is 2.22. The van der Waals surface area contributed by atoms with Crippen LogP contribution in [0.3, 0.4) is 0 Å². The van der Waals surface area contributed by atoms with Crippen LogP contribution in [0.5, 0.6) is 0 Å². The summed E-state index contributed by atoms with van der Waals surface area (Å²) in [6.45, 7) is 0. The van der Waals surface area contributed by atoms with Crippen LogP contribution in [-0.2, 0) is 29.6 Å². The number of ketones is 1. The van der Waals surface area contributed by atoms with Crippen molar-refractivity contribution < 1.29 is 22.1 Å². The van der Waals surface area contributed by atoms with Crippen molar-refractivity contribution in [2.24, 2.45) is 5.73 Å². The minimum atomic E-state index is -4.05. The number of rotatable bonds is 5. The molecule has 2 heterocycles. The summed E-state index contributed by atoms with van der Waals surface area (Å²) in [6, 6.07) is 13.4. The Morgan fingerprint density at radius 1 is 1.12 bits per heavy atom. The molecule has 0 bridgehead atoms. The van der Waals surface area contributed by atoms with Gasteiger partial charge in [0.15, 0.2) is 0 Å². The number of benzene rings is 1. The zero-order valence-electron chi connectivity index (χ0n) is 12.5. The van der Waals surface area contributed by atoms with E-state index < -0.39 is 27.8 Å². The molecule has 3 rings (SSSR count). The van der Waals surface area contributed by atoms with Crippen LogP contribution in [0.1, 0.15) is 17.4 Å². The molecule has 0 fully saturated rings. The summed E-state index contributed by atoms with van der Waals surface area (Å²) in [5.41, 5.74) is 6.47. The number of ether oxygens (including phenoxy) is 1. The van der Waals surface area contributed by atoms with Gasteiger partial charge in [-0.2, -0.15) is 8.42 Å². The highest BCUT2D eigenvalue weighted by Crippen LogP contribution is 2.31. The van der Waals surface area contributed by atoms with Gasteiger partial charge in [-0.25, -0.2) is 0 Å². The number of hydrogen-bond donors (Lipinski definition) is 1. The second-order valence-electron chi connectivity index (χ2n) is 5.08. The van der Waals surface area contributed by atoms with Gasteiger partial charge in [0.2, 0.25) is 17.7 Å². The van der Waals surface area contributed by atoms with E-state index in [2.05, 4.69) is 4.98 Å². The predicted octanol–water partition coefficient (Wildman–Crippen LogP) is 1.40. The van der Waals surface area contributed by atoms with Crippen LogP contribution in [0.15, 0.2) is 66.4 Å². The summed E-state index contributed by atoms with van der Waals surface area (Å²) >= 11 is 0. The number of carbonyl (C=O) groups excluding carboxylic acids is 1. The SMILES string of the molecule is NC1=C(OS(=O)(=O)Cc2ccccc2)C(=O)[C@@H](c2ccccn2)O1. The first kappa shape index (κ1) is 16.0. The Bertz CT molecular complexity index is 879. The van der Waals surface area contributed by atoms with Crippen molar-refractivity contribution in [3.8, 4) is 0 Å². The molecule has 2 N–H and O–H groups in total. The molecule has 1 atom stereocenters. The van der Waals surface area contributed by atoms with Crippen LogP contribution in [0, 0.1) is 0 Å². The van der Waals surface area contributed by atoms with E-state index in [1.807, 2.05) is 0 Å². The van der Waals surface area contributed by atoms with Crippen molar-refractivity contribution in [3.05, 3.63) is 77.6 Å². The zero-order chi connectivity index (χ0) is 17.2. The molecule has 1 aliphatic heterocycles. The summed E-state index contributed by atoms with van der Waals surface area (Å²) in [5.74, 6) is -1.94. The van der Waals surface area contributed by atoms with Gasteiger partial charge >= 0.3 is 10.1 Å². The summed E-state index contributed by atoms with van der Waals surface area (Å²) in [6.07, 6.45) is 0.390. The molecule has 0 saturated carbocycles. The normalized spacial score (nSPS) is 17.7. The van der Waals surface area contributed by atoms with E-state index in [0.29, 0.717) is 11.3 Å². The minimum absolute atomic E-state index is 0.324. The van der Waals surface area contributed by atoms with Gasteiger partial charge in [-0.05, 0) is 17.7 Å². The van der Waals surface area contributed by atoms with E-state index in [4.69, 9.17) is 14.7 Å². The lowest BCUT2D eigenvalue weighted by Crippen LogP contribution is -2.16. The molecule has 1 aromatic carbocycles. The molecule has 1 aliphatic rings. The molecule has 7 nitrogen and oxygen atoms in total. The Balaban J connectivity index is 1.77. The first-order valence-corrected chi connectivity index (χ1v) is 8.61. The third kappa shape index (κ3) is 3.38. The standard InChI is InChI=1S/C16H14N2O5S/c17-16-15(13(19)14(22-16)12-8-4-5-9-18-12)23-24(20,21)10-11-6-2-1-3-7-11/h1-9,14H,10,17H2/t14-/m1/s1. The van der Waals surface area contributed by atoms with Crippen molar-refractivity contribution >= 4 is 15.9 Å². The molecule has 1 aromatic heterocycles. The van der Waals surface area contributed by atoms with Crippen LogP contribution >= 0.6 is 0 Å². The van der Waals surface area contributed by atoms with Gasteiger partial charge < -0.3 is 14.7 Å². The molecule has 8 heteroatoms. The lowest BCUT2D eigenvalue weighted by Gasteiger charge is -2.08.